The number of ether oxygens (including phenoxy) is 2. The van der Waals surface area contributed by atoms with E-state index in [-0.39, 0.29) is 6.10 Å². The van der Waals surface area contributed by atoms with Crippen molar-refractivity contribution in [2.75, 3.05) is 19.5 Å². The van der Waals surface area contributed by atoms with Gasteiger partial charge in [0.1, 0.15) is 6.10 Å². The maximum absolute atomic E-state index is 6.14. The number of hydrogen-bond acceptors (Lipinski definition) is 5. The highest BCUT2D eigenvalue weighted by molar-refractivity contribution is 7.09. The Balaban J connectivity index is 1.94. The van der Waals surface area contributed by atoms with Crippen LogP contribution in [0.25, 0.3) is 0 Å². The molecule has 2 heterocycles. The Kier molecular flexibility index (Phi) is 3.53. The van der Waals surface area contributed by atoms with E-state index < -0.39 is 0 Å². The van der Waals surface area contributed by atoms with Crippen molar-refractivity contribution < 1.29 is 9.47 Å². The minimum atomic E-state index is 0.0294. The number of benzene rings is 1. The molecule has 4 nitrogen and oxygen atoms in total. The van der Waals surface area contributed by atoms with Crippen LogP contribution < -0.4 is 14.8 Å². The van der Waals surface area contributed by atoms with Crippen molar-refractivity contribution in [1.82, 2.24) is 4.98 Å². The summed E-state index contributed by atoms with van der Waals surface area (Å²) in [6.45, 7) is 2.02. The van der Waals surface area contributed by atoms with Gasteiger partial charge in [0.05, 0.1) is 17.8 Å². The molecule has 1 aromatic carbocycles. The first-order valence-corrected chi connectivity index (χ1v) is 7.56. The summed E-state index contributed by atoms with van der Waals surface area (Å²) in [5.74, 6) is 1.64. The second kappa shape index (κ2) is 5.32. The smallest absolute Gasteiger partial charge is 0.165 e. The van der Waals surface area contributed by atoms with Gasteiger partial charge in [-0.3, -0.25) is 0 Å². The molecule has 1 atom stereocenters. The number of fused-ring (bicyclic) bond motifs is 1. The predicted octanol–water partition coefficient (Wildman–Crippen LogP) is 3.57. The van der Waals surface area contributed by atoms with E-state index in [4.69, 9.17) is 9.47 Å². The van der Waals surface area contributed by atoms with Crippen LogP contribution >= 0.6 is 11.3 Å². The van der Waals surface area contributed by atoms with Crippen LogP contribution in [0.5, 0.6) is 11.5 Å². The molecule has 5 heteroatoms. The monoisotopic (exact) mass is 290 g/mol. The number of anilines is 1. The number of nitrogens with one attached hydrogen (secondary N) is 1. The van der Waals surface area contributed by atoms with Crippen molar-refractivity contribution in [2.24, 2.45) is 0 Å². The maximum atomic E-state index is 6.14. The van der Waals surface area contributed by atoms with E-state index in [1.54, 1.807) is 18.4 Å². The lowest BCUT2D eigenvalue weighted by Gasteiger charge is -2.27. The van der Waals surface area contributed by atoms with Gasteiger partial charge in [-0.25, -0.2) is 4.98 Å². The van der Waals surface area contributed by atoms with Gasteiger partial charge in [0.2, 0.25) is 0 Å². The minimum absolute atomic E-state index is 0.0294. The zero-order valence-electron chi connectivity index (χ0n) is 11.9. The number of hydrogen-bond donors (Lipinski definition) is 1. The molecule has 0 amide bonds. The van der Waals surface area contributed by atoms with Gasteiger partial charge < -0.3 is 14.8 Å². The summed E-state index contributed by atoms with van der Waals surface area (Å²) in [5.41, 5.74) is 3.27. The quantitative estimate of drug-likeness (QED) is 0.938. The summed E-state index contributed by atoms with van der Waals surface area (Å²) >= 11 is 1.66. The predicted molar refractivity (Wildman–Crippen MR) is 81.1 cm³/mol. The Hall–Kier alpha value is -1.75. The van der Waals surface area contributed by atoms with Crippen LogP contribution in [0.4, 0.5) is 5.69 Å². The molecule has 0 spiro atoms. The normalized spacial score (nSPS) is 17.2. The van der Waals surface area contributed by atoms with Crippen molar-refractivity contribution in [3.05, 3.63) is 33.8 Å². The molecule has 0 saturated carbocycles. The molecule has 1 aliphatic heterocycles. The third kappa shape index (κ3) is 2.33. The average molecular weight is 290 g/mol. The van der Waals surface area contributed by atoms with Gasteiger partial charge in [0, 0.05) is 29.7 Å². The number of methoxy groups -OCH3 is 1. The van der Waals surface area contributed by atoms with Gasteiger partial charge in [0.25, 0.3) is 0 Å². The van der Waals surface area contributed by atoms with Crippen molar-refractivity contribution in [2.45, 2.75) is 25.9 Å². The summed E-state index contributed by atoms with van der Waals surface area (Å²) in [5, 5.41) is 6.31. The lowest BCUT2D eigenvalue weighted by molar-refractivity contribution is 0.165. The molecule has 0 radical (unpaired) electrons. The van der Waals surface area contributed by atoms with Gasteiger partial charge in [0.15, 0.2) is 11.5 Å². The molecule has 2 aromatic rings. The first-order valence-electron chi connectivity index (χ1n) is 6.68. The van der Waals surface area contributed by atoms with Crippen molar-refractivity contribution in [3.63, 3.8) is 0 Å². The number of rotatable bonds is 3. The molecule has 106 valence electrons. The zero-order valence-corrected chi connectivity index (χ0v) is 12.7. The molecule has 0 fully saturated rings. The topological polar surface area (TPSA) is 43.4 Å². The highest BCUT2D eigenvalue weighted by atomic mass is 32.1. The largest absolute Gasteiger partial charge is 0.493 e. The SMILES string of the molecule is CNc1cc2c(c(OC)c1)OC(c1csc(C)n1)CC2. The second-order valence-corrected chi connectivity index (χ2v) is 5.92. The molecule has 3 rings (SSSR count). The van der Waals surface area contributed by atoms with Crippen LogP contribution in [0.1, 0.15) is 28.8 Å². The Labute approximate surface area is 122 Å². The Morgan fingerprint density at radius 1 is 1.45 bits per heavy atom. The van der Waals surface area contributed by atoms with E-state index in [1.807, 2.05) is 20.0 Å². The van der Waals surface area contributed by atoms with E-state index >= 15 is 0 Å². The first kappa shape index (κ1) is 13.2. The van der Waals surface area contributed by atoms with Crippen LogP contribution in [-0.4, -0.2) is 19.1 Å². The highest BCUT2D eigenvalue weighted by Gasteiger charge is 2.26. The third-order valence-corrected chi connectivity index (χ3v) is 4.33. The fourth-order valence-corrected chi connectivity index (χ4v) is 3.15. The maximum Gasteiger partial charge on any atom is 0.165 e. The van der Waals surface area contributed by atoms with E-state index in [2.05, 4.69) is 21.7 Å². The molecule has 1 N–H and O–H groups in total. The van der Waals surface area contributed by atoms with Gasteiger partial charge >= 0.3 is 0 Å². The van der Waals surface area contributed by atoms with Gasteiger partial charge in [-0.15, -0.1) is 11.3 Å². The van der Waals surface area contributed by atoms with Crippen LogP contribution in [0.3, 0.4) is 0 Å². The number of nitrogens with zero attached hydrogens (tertiary/aromatic N) is 1. The molecule has 20 heavy (non-hydrogen) atoms. The van der Waals surface area contributed by atoms with Crippen molar-refractivity contribution in [3.8, 4) is 11.5 Å². The van der Waals surface area contributed by atoms with E-state index in [0.717, 1.165) is 40.7 Å². The standard InChI is InChI=1S/C15H18N2O2S/c1-9-17-12(8-20-9)13-5-4-10-6-11(16-2)7-14(18-3)15(10)19-13/h6-8,13,16H,4-5H2,1-3H3. The average Bonchev–Trinajstić information content (AvgIpc) is 2.92. The molecule has 1 aliphatic rings. The molecular formula is C15H18N2O2S. The first-order chi connectivity index (χ1) is 9.71. The summed E-state index contributed by atoms with van der Waals surface area (Å²) in [6.07, 6.45) is 1.95. The molecule has 1 aromatic heterocycles. The van der Waals surface area contributed by atoms with Gasteiger partial charge in [-0.05, 0) is 25.8 Å². The van der Waals surface area contributed by atoms with Crippen molar-refractivity contribution in [1.29, 1.82) is 0 Å². The zero-order chi connectivity index (χ0) is 14.1. The fourth-order valence-electron chi connectivity index (χ4n) is 2.50. The number of aromatic nitrogens is 1. The Bertz CT molecular complexity index is 607. The summed E-state index contributed by atoms with van der Waals surface area (Å²) in [4.78, 5) is 4.54. The van der Waals surface area contributed by atoms with Crippen LogP contribution in [0.2, 0.25) is 0 Å². The Morgan fingerprint density at radius 2 is 2.30 bits per heavy atom. The van der Waals surface area contributed by atoms with Crippen LogP contribution in [-0.2, 0) is 6.42 Å². The van der Waals surface area contributed by atoms with E-state index in [9.17, 15) is 0 Å². The van der Waals surface area contributed by atoms with Crippen LogP contribution in [0.15, 0.2) is 17.5 Å². The molecular weight excluding hydrogens is 272 g/mol. The van der Waals surface area contributed by atoms with E-state index in [1.165, 1.54) is 5.56 Å². The number of thiazole rings is 1. The van der Waals surface area contributed by atoms with Crippen molar-refractivity contribution >= 4 is 17.0 Å². The lowest BCUT2D eigenvalue weighted by Crippen LogP contribution is -2.16. The minimum Gasteiger partial charge on any atom is -0.493 e. The third-order valence-electron chi connectivity index (χ3n) is 3.54. The molecule has 0 saturated heterocycles. The van der Waals surface area contributed by atoms with Crippen LogP contribution in [0, 0.1) is 6.92 Å². The Morgan fingerprint density at radius 3 is 2.95 bits per heavy atom. The highest BCUT2D eigenvalue weighted by Crippen LogP contribution is 2.42. The van der Waals surface area contributed by atoms with Gasteiger partial charge in [-0.1, -0.05) is 0 Å². The second-order valence-electron chi connectivity index (χ2n) is 4.85. The molecule has 1 unspecified atom stereocenters. The van der Waals surface area contributed by atoms with Gasteiger partial charge in [-0.2, -0.15) is 0 Å². The molecule has 0 bridgehead atoms. The summed E-state index contributed by atoms with van der Waals surface area (Å²) in [7, 11) is 3.58. The van der Waals surface area contributed by atoms with E-state index in [0.29, 0.717) is 0 Å². The lowest BCUT2D eigenvalue weighted by atomic mass is 9.99. The summed E-state index contributed by atoms with van der Waals surface area (Å²) in [6, 6.07) is 4.09. The fraction of sp³-hybridized carbons (Fsp3) is 0.400. The number of aryl methyl sites for hydroxylation is 2. The summed E-state index contributed by atoms with van der Waals surface area (Å²) < 4.78 is 11.6. The molecule has 0 aliphatic carbocycles.